The third-order valence-electron chi connectivity index (χ3n) is 3.98. The molecule has 0 aliphatic carbocycles. The third-order valence-corrected chi connectivity index (χ3v) is 4.71. The minimum Gasteiger partial charge on any atom is -0.444 e. The molecule has 1 aromatic heterocycles. The van der Waals surface area contributed by atoms with Crippen molar-refractivity contribution in [1.29, 1.82) is 0 Å². The lowest BCUT2D eigenvalue weighted by molar-refractivity contribution is 0.0448. The average Bonchev–Trinajstić information content (AvgIpc) is 3.05. The first kappa shape index (κ1) is 25.0. The number of ether oxygens (including phenoxy) is 1. The van der Waals surface area contributed by atoms with Crippen molar-refractivity contribution < 1.29 is 9.53 Å². The molecule has 0 unspecified atom stereocenters. The fourth-order valence-electron chi connectivity index (χ4n) is 2.29. The molecule has 8 heteroatoms. The third kappa shape index (κ3) is 9.07. The topological polar surface area (TPSA) is 74.8 Å². The lowest BCUT2D eigenvalue weighted by Crippen LogP contribution is -2.57. The Kier molecular flexibility index (Phi) is 11.2. The van der Waals surface area contributed by atoms with Gasteiger partial charge in [0.15, 0.2) is 5.96 Å². The van der Waals surface area contributed by atoms with Crippen LogP contribution < -0.4 is 16.0 Å². The number of carbonyl (C=O) groups is 1. The van der Waals surface area contributed by atoms with Crippen molar-refractivity contribution in [3.05, 3.63) is 22.4 Å². The number of carbonyl (C=O) groups excluding carboxylic acids is 1. The lowest BCUT2D eigenvalue weighted by Gasteiger charge is -2.34. The highest BCUT2D eigenvalue weighted by molar-refractivity contribution is 14.0. The van der Waals surface area contributed by atoms with Crippen molar-refractivity contribution >= 4 is 47.4 Å². The summed E-state index contributed by atoms with van der Waals surface area (Å²) in [5.41, 5.74) is 0.322. The number of hydrogen-bond acceptors (Lipinski definition) is 4. The van der Waals surface area contributed by atoms with Crippen LogP contribution in [0.4, 0.5) is 4.79 Å². The zero-order valence-corrected chi connectivity index (χ0v) is 19.8. The van der Waals surface area contributed by atoms with Gasteiger partial charge in [-0.25, -0.2) is 4.79 Å². The smallest absolute Gasteiger partial charge is 0.408 e. The fraction of sp³-hybridized carbons (Fsp3) is 0.667. The average molecular weight is 496 g/mol. The zero-order valence-electron chi connectivity index (χ0n) is 16.6. The molecule has 1 amide bonds. The van der Waals surface area contributed by atoms with Crippen molar-refractivity contribution in [3.63, 3.8) is 0 Å². The Hall–Kier alpha value is -1.03. The Morgan fingerprint density at radius 2 is 1.88 bits per heavy atom. The summed E-state index contributed by atoms with van der Waals surface area (Å²) < 4.78 is 5.40. The highest BCUT2D eigenvalue weighted by atomic mass is 127. The van der Waals surface area contributed by atoms with Crippen LogP contribution in [0.5, 0.6) is 0 Å². The summed E-state index contributed by atoms with van der Waals surface area (Å²) in [6, 6.07) is 2.08. The monoisotopic (exact) mass is 496 g/mol. The predicted octanol–water partition coefficient (Wildman–Crippen LogP) is 4.11. The van der Waals surface area contributed by atoms with E-state index in [1.807, 2.05) is 20.8 Å². The summed E-state index contributed by atoms with van der Waals surface area (Å²) in [5, 5.41) is 13.8. The Bertz CT molecular complexity index is 552. The minimum atomic E-state index is -0.511. The molecule has 0 saturated carbocycles. The van der Waals surface area contributed by atoms with Crippen LogP contribution in [-0.4, -0.2) is 36.8 Å². The van der Waals surface area contributed by atoms with Crippen molar-refractivity contribution in [2.24, 2.45) is 4.99 Å². The Labute approximate surface area is 178 Å². The molecule has 0 aliphatic rings. The van der Waals surface area contributed by atoms with Gasteiger partial charge in [0.2, 0.25) is 0 Å². The van der Waals surface area contributed by atoms with E-state index in [4.69, 9.17) is 4.74 Å². The maximum atomic E-state index is 12.2. The molecule has 26 heavy (non-hydrogen) atoms. The van der Waals surface area contributed by atoms with Crippen LogP contribution in [0.2, 0.25) is 0 Å². The van der Waals surface area contributed by atoms with E-state index in [9.17, 15) is 4.79 Å². The first-order valence-electron chi connectivity index (χ1n) is 8.70. The van der Waals surface area contributed by atoms with Gasteiger partial charge in [-0.3, -0.25) is 4.99 Å². The number of guanidine groups is 1. The molecule has 0 spiro atoms. The number of thiophene rings is 1. The van der Waals surface area contributed by atoms with Gasteiger partial charge in [0, 0.05) is 20.1 Å². The quantitative estimate of drug-likeness (QED) is 0.302. The van der Waals surface area contributed by atoms with Crippen LogP contribution in [0.25, 0.3) is 0 Å². The lowest BCUT2D eigenvalue weighted by atomic mass is 9.93. The maximum Gasteiger partial charge on any atom is 0.408 e. The molecule has 0 radical (unpaired) electrons. The van der Waals surface area contributed by atoms with Crippen LogP contribution in [0, 0.1) is 0 Å². The predicted molar refractivity (Wildman–Crippen MR) is 121 cm³/mol. The molecule has 0 fully saturated rings. The van der Waals surface area contributed by atoms with E-state index in [0.29, 0.717) is 19.0 Å². The normalized spacial score (nSPS) is 12.2. The fourth-order valence-corrected chi connectivity index (χ4v) is 2.96. The van der Waals surface area contributed by atoms with E-state index in [-0.39, 0.29) is 35.6 Å². The summed E-state index contributed by atoms with van der Waals surface area (Å²) in [6.07, 6.45) is 1.19. The van der Waals surface area contributed by atoms with Crippen LogP contribution in [0.15, 0.2) is 21.8 Å². The van der Waals surface area contributed by atoms with Gasteiger partial charge in [0.05, 0.1) is 5.54 Å². The molecular weight excluding hydrogens is 463 g/mol. The summed E-state index contributed by atoms with van der Waals surface area (Å²) in [7, 11) is 1.74. The van der Waals surface area contributed by atoms with Gasteiger partial charge in [0.25, 0.3) is 0 Å². The Balaban J connectivity index is 0.00000625. The molecule has 1 aromatic rings. The molecule has 1 heterocycles. The minimum absolute atomic E-state index is 0. The van der Waals surface area contributed by atoms with E-state index >= 15 is 0 Å². The molecule has 0 saturated heterocycles. The van der Waals surface area contributed by atoms with Gasteiger partial charge < -0.3 is 20.7 Å². The molecule has 150 valence electrons. The van der Waals surface area contributed by atoms with Crippen molar-refractivity contribution in [1.82, 2.24) is 16.0 Å². The van der Waals surface area contributed by atoms with E-state index < -0.39 is 5.60 Å². The number of amides is 1. The van der Waals surface area contributed by atoms with Crippen molar-refractivity contribution in [2.45, 2.75) is 65.1 Å². The molecular formula is C18H33IN4O2S. The second kappa shape index (κ2) is 11.6. The number of nitrogens with one attached hydrogen (secondary N) is 3. The Morgan fingerprint density at radius 1 is 1.23 bits per heavy atom. The second-order valence-corrected chi connectivity index (χ2v) is 7.81. The SMILES string of the molecule is CCC(CC)(CNC(=NC)NCc1ccsc1)NC(=O)OC(C)(C)C.I. The van der Waals surface area contributed by atoms with Gasteiger partial charge in [-0.05, 0) is 56.0 Å². The molecule has 0 aromatic carbocycles. The highest BCUT2D eigenvalue weighted by Gasteiger charge is 2.30. The van der Waals surface area contributed by atoms with E-state index in [2.05, 4.69) is 51.6 Å². The molecule has 0 atom stereocenters. The molecule has 3 N–H and O–H groups in total. The number of hydrogen-bond donors (Lipinski definition) is 3. The van der Waals surface area contributed by atoms with Gasteiger partial charge >= 0.3 is 6.09 Å². The first-order valence-corrected chi connectivity index (χ1v) is 9.64. The molecule has 1 rings (SSSR count). The van der Waals surface area contributed by atoms with E-state index in [1.165, 1.54) is 5.56 Å². The second-order valence-electron chi connectivity index (χ2n) is 7.03. The summed E-state index contributed by atoms with van der Waals surface area (Å²) in [6.45, 7) is 11.0. The number of nitrogens with zero attached hydrogens (tertiary/aromatic N) is 1. The number of rotatable bonds is 7. The Morgan fingerprint density at radius 3 is 2.35 bits per heavy atom. The first-order chi connectivity index (χ1) is 11.7. The largest absolute Gasteiger partial charge is 0.444 e. The van der Waals surface area contributed by atoms with Crippen molar-refractivity contribution in [3.8, 4) is 0 Å². The van der Waals surface area contributed by atoms with Crippen LogP contribution >= 0.6 is 35.3 Å². The van der Waals surface area contributed by atoms with Crippen LogP contribution in [-0.2, 0) is 11.3 Å². The van der Waals surface area contributed by atoms with Gasteiger partial charge in [0.1, 0.15) is 5.60 Å². The standard InChI is InChI=1S/C18H32N4O2S.HI/c1-7-18(8-2,22-16(23)24-17(3,4)5)13-21-15(19-6)20-11-14-9-10-25-12-14;/h9-10,12H,7-8,11,13H2,1-6H3,(H,22,23)(H2,19,20,21);1H. The molecule has 6 nitrogen and oxygen atoms in total. The van der Waals surface area contributed by atoms with E-state index in [0.717, 1.165) is 12.8 Å². The van der Waals surface area contributed by atoms with Gasteiger partial charge in [-0.2, -0.15) is 11.3 Å². The number of alkyl carbamates (subject to hydrolysis) is 1. The number of halogens is 1. The zero-order chi connectivity index (χ0) is 18.9. The number of aliphatic imine (C=N–C) groups is 1. The van der Waals surface area contributed by atoms with Gasteiger partial charge in [-0.1, -0.05) is 13.8 Å². The molecule has 0 aliphatic heterocycles. The van der Waals surface area contributed by atoms with E-state index in [1.54, 1.807) is 18.4 Å². The van der Waals surface area contributed by atoms with Gasteiger partial charge in [-0.15, -0.1) is 24.0 Å². The highest BCUT2D eigenvalue weighted by Crippen LogP contribution is 2.16. The van der Waals surface area contributed by atoms with Crippen LogP contribution in [0.1, 0.15) is 53.0 Å². The summed E-state index contributed by atoms with van der Waals surface area (Å²) in [5.74, 6) is 0.712. The maximum absolute atomic E-state index is 12.2. The summed E-state index contributed by atoms with van der Waals surface area (Å²) in [4.78, 5) is 16.4. The summed E-state index contributed by atoms with van der Waals surface area (Å²) >= 11 is 1.67. The van der Waals surface area contributed by atoms with Crippen LogP contribution in [0.3, 0.4) is 0 Å². The van der Waals surface area contributed by atoms with Crippen molar-refractivity contribution in [2.75, 3.05) is 13.6 Å². The molecule has 0 bridgehead atoms.